The van der Waals surface area contributed by atoms with Crippen LogP contribution in [0.25, 0.3) is 0 Å². The van der Waals surface area contributed by atoms with Crippen molar-refractivity contribution >= 4 is 11.9 Å². The SMILES string of the molecule is O=C1CCC(c2nnc(NC3CCOCC3)o2)N1. The van der Waals surface area contributed by atoms with Crippen molar-refractivity contribution < 1.29 is 13.9 Å². The minimum Gasteiger partial charge on any atom is -0.406 e. The van der Waals surface area contributed by atoms with E-state index in [4.69, 9.17) is 9.15 Å². The van der Waals surface area contributed by atoms with Gasteiger partial charge in [-0.15, -0.1) is 5.10 Å². The molecule has 2 aliphatic rings. The van der Waals surface area contributed by atoms with E-state index in [0.717, 1.165) is 32.5 Å². The summed E-state index contributed by atoms with van der Waals surface area (Å²) >= 11 is 0. The molecule has 2 aliphatic heterocycles. The number of rotatable bonds is 3. The summed E-state index contributed by atoms with van der Waals surface area (Å²) in [6, 6.07) is 0.624. The number of amides is 1. The average molecular weight is 252 g/mol. The molecule has 2 N–H and O–H groups in total. The standard InChI is InChI=1S/C11H16N4O3/c16-9-2-1-8(13-9)10-14-15-11(18-10)12-7-3-5-17-6-4-7/h7-8H,1-6H2,(H,12,15)(H,13,16). The molecule has 1 aromatic heterocycles. The summed E-state index contributed by atoms with van der Waals surface area (Å²) in [6.07, 6.45) is 3.13. The van der Waals surface area contributed by atoms with Crippen LogP contribution in [0.5, 0.6) is 0 Å². The fourth-order valence-corrected chi connectivity index (χ4v) is 2.25. The van der Waals surface area contributed by atoms with Crippen LogP contribution in [-0.4, -0.2) is 35.4 Å². The first-order chi connectivity index (χ1) is 8.81. The second kappa shape index (κ2) is 4.93. The number of ether oxygens (including phenoxy) is 1. The van der Waals surface area contributed by atoms with Crippen LogP contribution in [-0.2, 0) is 9.53 Å². The summed E-state index contributed by atoms with van der Waals surface area (Å²) in [7, 11) is 0. The summed E-state index contributed by atoms with van der Waals surface area (Å²) in [5, 5.41) is 13.9. The molecule has 7 nitrogen and oxygen atoms in total. The molecule has 1 aromatic rings. The van der Waals surface area contributed by atoms with Crippen LogP contribution >= 0.6 is 0 Å². The molecule has 2 saturated heterocycles. The van der Waals surface area contributed by atoms with Gasteiger partial charge in [-0.1, -0.05) is 5.10 Å². The van der Waals surface area contributed by atoms with E-state index in [2.05, 4.69) is 20.8 Å². The molecule has 1 amide bonds. The summed E-state index contributed by atoms with van der Waals surface area (Å²) in [4.78, 5) is 11.1. The number of hydrogen-bond donors (Lipinski definition) is 2. The zero-order chi connectivity index (χ0) is 12.4. The highest BCUT2D eigenvalue weighted by Crippen LogP contribution is 2.24. The molecule has 18 heavy (non-hydrogen) atoms. The van der Waals surface area contributed by atoms with Gasteiger partial charge in [-0.05, 0) is 19.3 Å². The Morgan fingerprint density at radius 2 is 2.06 bits per heavy atom. The molecule has 1 atom stereocenters. The third-order valence-electron chi connectivity index (χ3n) is 3.28. The van der Waals surface area contributed by atoms with Crippen molar-refractivity contribution in [3.8, 4) is 0 Å². The van der Waals surface area contributed by atoms with Crippen molar-refractivity contribution in [2.75, 3.05) is 18.5 Å². The number of nitrogens with one attached hydrogen (secondary N) is 2. The largest absolute Gasteiger partial charge is 0.406 e. The first-order valence-electron chi connectivity index (χ1n) is 6.28. The van der Waals surface area contributed by atoms with E-state index < -0.39 is 0 Å². The van der Waals surface area contributed by atoms with Gasteiger partial charge in [0.2, 0.25) is 11.8 Å². The molecule has 0 spiro atoms. The lowest BCUT2D eigenvalue weighted by molar-refractivity contribution is -0.119. The Kier molecular flexibility index (Phi) is 3.14. The fraction of sp³-hybridized carbons (Fsp3) is 0.727. The Labute approximate surface area is 104 Å². The normalized spacial score (nSPS) is 25.1. The van der Waals surface area contributed by atoms with E-state index in [1.807, 2.05) is 0 Å². The molecule has 7 heteroatoms. The van der Waals surface area contributed by atoms with Gasteiger partial charge < -0.3 is 19.8 Å². The topological polar surface area (TPSA) is 89.3 Å². The van der Waals surface area contributed by atoms with Gasteiger partial charge >= 0.3 is 6.01 Å². The molecule has 98 valence electrons. The van der Waals surface area contributed by atoms with Gasteiger partial charge in [0, 0.05) is 25.7 Å². The zero-order valence-corrected chi connectivity index (χ0v) is 10.0. The Morgan fingerprint density at radius 1 is 1.22 bits per heavy atom. The average Bonchev–Trinajstić information content (AvgIpc) is 2.99. The van der Waals surface area contributed by atoms with Crippen molar-refractivity contribution in [2.24, 2.45) is 0 Å². The predicted octanol–water partition coefficient (Wildman–Crippen LogP) is 0.612. The summed E-state index contributed by atoms with van der Waals surface area (Å²) in [6.45, 7) is 1.52. The molecule has 0 bridgehead atoms. The minimum absolute atomic E-state index is 0.0390. The number of carbonyl (C=O) groups excluding carboxylic acids is 1. The minimum atomic E-state index is -0.129. The van der Waals surface area contributed by atoms with Crippen LogP contribution in [0.2, 0.25) is 0 Å². The van der Waals surface area contributed by atoms with E-state index in [1.165, 1.54) is 0 Å². The maximum Gasteiger partial charge on any atom is 0.315 e. The quantitative estimate of drug-likeness (QED) is 0.819. The summed E-state index contributed by atoms with van der Waals surface area (Å²) in [5.41, 5.74) is 0. The molecular weight excluding hydrogens is 236 g/mol. The first kappa shape index (κ1) is 11.5. The maximum atomic E-state index is 11.1. The van der Waals surface area contributed by atoms with Crippen molar-refractivity contribution in [1.29, 1.82) is 0 Å². The third-order valence-corrected chi connectivity index (χ3v) is 3.28. The number of hydrogen-bond acceptors (Lipinski definition) is 6. The number of aromatic nitrogens is 2. The summed E-state index contributed by atoms with van der Waals surface area (Å²) in [5.74, 6) is 0.521. The van der Waals surface area contributed by atoms with Gasteiger partial charge in [0.25, 0.3) is 0 Å². The first-order valence-corrected chi connectivity index (χ1v) is 6.28. The highest BCUT2D eigenvalue weighted by molar-refractivity contribution is 5.78. The van der Waals surface area contributed by atoms with Gasteiger partial charge in [0.15, 0.2) is 0 Å². The lowest BCUT2D eigenvalue weighted by Gasteiger charge is -2.21. The molecule has 1 unspecified atom stereocenters. The van der Waals surface area contributed by atoms with Gasteiger partial charge in [0.05, 0.1) is 0 Å². The lowest BCUT2D eigenvalue weighted by atomic mass is 10.1. The smallest absolute Gasteiger partial charge is 0.315 e. The van der Waals surface area contributed by atoms with Crippen LogP contribution in [0.3, 0.4) is 0 Å². The fourth-order valence-electron chi connectivity index (χ4n) is 2.25. The number of nitrogens with zero attached hydrogens (tertiary/aromatic N) is 2. The van der Waals surface area contributed by atoms with Gasteiger partial charge in [-0.3, -0.25) is 4.79 Å². The Balaban J connectivity index is 1.60. The molecule has 0 aliphatic carbocycles. The number of carbonyl (C=O) groups is 1. The van der Waals surface area contributed by atoms with Gasteiger partial charge in [0.1, 0.15) is 6.04 Å². The molecule has 0 radical (unpaired) electrons. The zero-order valence-electron chi connectivity index (χ0n) is 10.0. The highest BCUT2D eigenvalue weighted by Gasteiger charge is 2.27. The van der Waals surface area contributed by atoms with Crippen molar-refractivity contribution in [3.63, 3.8) is 0 Å². The van der Waals surface area contributed by atoms with Gasteiger partial charge in [-0.2, -0.15) is 0 Å². The number of anilines is 1. The molecule has 0 saturated carbocycles. The predicted molar refractivity (Wildman–Crippen MR) is 61.9 cm³/mol. The Morgan fingerprint density at radius 3 is 2.78 bits per heavy atom. The molecule has 3 heterocycles. The van der Waals surface area contributed by atoms with E-state index in [-0.39, 0.29) is 11.9 Å². The molecular formula is C11H16N4O3. The van der Waals surface area contributed by atoms with Crippen LogP contribution in [0, 0.1) is 0 Å². The summed E-state index contributed by atoms with van der Waals surface area (Å²) < 4.78 is 10.8. The second-order valence-corrected chi connectivity index (χ2v) is 4.64. The van der Waals surface area contributed by atoms with Crippen molar-refractivity contribution in [3.05, 3.63) is 5.89 Å². The van der Waals surface area contributed by atoms with E-state index in [0.29, 0.717) is 24.4 Å². The van der Waals surface area contributed by atoms with Crippen molar-refractivity contribution in [1.82, 2.24) is 15.5 Å². The van der Waals surface area contributed by atoms with Crippen LogP contribution in [0.15, 0.2) is 4.42 Å². The molecule has 3 rings (SSSR count). The van der Waals surface area contributed by atoms with E-state index in [9.17, 15) is 4.79 Å². The Hall–Kier alpha value is -1.63. The van der Waals surface area contributed by atoms with Crippen LogP contribution < -0.4 is 10.6 Å². The highest BCUT2D eigenvalue weighted by atomic mass is 16.5. The maximum absolute atomic E-state index is 11.1. The molecule has 0 aromatic carbocycles. The Bertz CT molecular complexity index is 428. The lowest BCUT2D eigenvalue weighted by Crippen LogP contribution is -2.27. The van der Waals surface area contributed by atoms with Crippen LogP contribution in [0.1, 0.15) is 37.6 Å². The molecule has 2 fully saturated rings. The van der Waals surface area contributed by atoms with E-state index >= 15 is 0 Å². The van der Waals surface area contributed by atoms with E-state index in [1.54, 1.807) is 0 Å². The van der Waals surface area contributed by atoms with Crippen molar-refractivity contribution in [2.45, 2.75) is 37.8 Å². The van der Waals surface area contributed by atoms with Gasteiger partial charge in [-0.25, -0.2) is 0 Å². The monoisotopic (exact) mass is 252 g/mol. The third kappa shape index (κ3) is 2.45. The van der Waals surface area contributed by atoms with Crippen LogP contribution in [0.4, 0.5) is 6.01 Å². The second-order valence-electron chi connectivity index (χ2n) is 4.64.